The topological polar surface area (TPSA) is 178 Å². The molecule has 0 unspecified atom stereocenters. The van der Waals surface area contributed by atoms with Crippen LogP contribution >= 0.6 is 0 Å². The number of carboxylic acid groups (broad SMARTS) is 1. The van der Waals surface area contributed by atoms with E-state index in [0.717, 1.165) is 0 Å². The number of rotatable bonds is 5. The van der Waals surface area contributed by atoms with Gasteiger partial charge in [-0.3, -0.25) is 9.59 Å². The van der Waals surface area contributed by atoms with Crippen molar-refractivity contribution < 1.29 is 42.5 Å². The highest BCUT2D eigenvalue weighted by molar-refractivity contribution is 5.96. The molecule has 1 aliphatic carbocycles. The fourth-order valence-electron chi connectivity index (χ4n) is 6.01. The van der Waals surface area contributed by atoms with E-state index in [2.05, 4.69) is 26.0 Å². The molecule has 3 heterocycles. The molecule has 3 N–H and O–H groups in total. The number of cyclic esters (lactones) is 1. The van der Waals surface area contributed by atoms with Crippen molar-refractivity contribution in [2.45, 2.75) is 76.9 Å². The molecule has 4 bridgehead atoms. The van der Waals surface area contributed by atoms with E-state index in [1.54, 1.807) is 46.1 Å². The summed E-state index contributed by atoms with van der Waals surface area (Å²) in [6, 6.07) is 2.86. The lowest BCUT2D eigenvalue weighted by Gasteiger charge is -2.35. The van der Waals surface area contributed by atoms with Gasteiger partial charge in [-0.05, 0) is 54.0 Å². The Morgan fingerprint density at radius 1 is 1.26 bits per heavy atom. The van der Waals surface area contributed by atoms with Crippen LogP contribution in [0.2, 0.25) is 0 Å². The molecule has 1 saturated carbocycles. The Morgan fingerprint density at radius 2 is 2.00 bits per heavy atom. The van der Waals surface area contributed by atoms with Crippen molar-refractivity contribution in [1.29, 1.82) is 0 Å². The second kappa shape index (κ2) is 12.9. The van der Waals surface area contributed by atoms with E-state index in [0.29, 0.717) is 23.4 Å². The summed E-state index contributed by atoms with van der Waals surface area (Å²) in [5.74, 6) is -4.61. The van der Waals surface area contributed by atoms with Crippen LogP contribution in [0.15, 0.2) is 24.3 Å². The number of hydrogen-bond donors (Lipinski definition) is 3. The van der Waals surface area contributed by atoms with Gasteiger partial charge in [-0.25, -0.2) is 18.4 Å². The molecule has 2 aromatic rings. The van der Waals surface area contributed by atoms with Gasteiger partial charge in [0.1, 0.15) is 23.4 Å². The van der Waals surface area contributed by atoms with Crippen LogP contribution in [0, 0.1) is 17.3 Å². The van der Waals surface area contributed by atoms with Crippen LogP contribution in [0.5, 0.6) is 5.75 Å². The van der Waals surface area contributed by atoms with Gasteiger partial charge < -0.3 is 30.1 Å². The van der Waals surface area contributed by atoms with E-state index in [1.165, 1.54) is 9.70 Å². The number of tetrazole rings is 1. The minimum absolute atomic E-state index is 0.0491. The van der Waals surface area contributed by atoms with Crippen LogP contribution in [0.1, 0.15) is 64.3 Å². The van der Waals surface area contributed by atoms with E-state index in [4.69, 9.17) is 9.47 Å². The van der Waals surface area contributed by atoms with Gasteiger partial charge >= 0.3 is 12.1 Å². The number of alkyl carbamates (subject to hydrolysis) is 1. The number of amides is 3. The molecule has 2 fully saturated rings. The van der Waals surface area contributed by atoms with Crippen LogP contribution in [0.3, 0.4) is 0 Å². The van der Waals surface area contributed by atoms with Crippen molar-refractivity contribution >= 4 is 30.0 Å². The first-order valence-corrected chi connectivity index (χ1v) is 15.4. The Bertz CT molecular complexity index is 1580. The SMILES string of the molecule is COc1ccc2c(c1)/C=C/C[C@H](C)COC(=O)N[C@@H](C(C)(C)C)C(=O)N1C[C@@H](C[C@H]1C(=O)N[C@@]1(C(=O)O)C[C@H]1C(F)F)c1nnn-2n1. The second-order valence-corrected chi connectivity index (χ2v) is 13.5. The van der Waals surface area contributed by atoms with Crippen LogP contribution in [0.25, 0.3) is 11.8 Å². The highest BCUT2D eigenvalue weighted by Crippen LogP contribution is 2.48. The van der Waals surface area contributed by atoms with Crippen molar-refractivity contribution in [2.75, 3.05) is 20.3 Å². The number of carbonyl (C=O) groups excluding carboxylic acids is 3. The Balaban J connectivity index is 1.54. The Hall–Kier alpha value is -4.63. The Labute approximate surface area is 269 Å². The number of halogens is 2. The first-order valence-electron chi connectivity index (χ1n) is 15.4. The lowest BCUT2D eigenvalue weighted by Crippen LogP contribution is -2.59. The average Bonchev–Trinajstić information content (AvgIpc) is 3.33. The maximum atomic E-state index is 14.2. The Morgan fingerprint density at radius 3 is 2.64 bits per heavy atom. The van der Waals surface area contributed by atoms with Crippen molar-refractivity contribution in [1.82, 2.24) is 35.7 Å². The molecule has 1 saturated heterocycles. The maximum Gasteiger partial charge on any atom is 0.407 e. The first kappa shape index (κ1) is 33.7. The lowest BCUT2D eigenvalue weighted by atomic mass is 9.85. The number of nitrogens with one attached hydrogen (secondary N) is 2. The van der Waals surface area contributed by atoms with E-state index >= 15 is 0 Å². The van der Waals surface area contributed by atoms with E-state index in [1.807, 2.05) is 19.1 Å². The molecule has 14 nitrogen and oxygen atoms in total. The summed E-state index contributed by atoms with van der Waals surface area (Å²) in [7, 11) is 1.54. The minimum atomic E-state index is -2.96. The zero-order valence-electron chi connectivity index (χ0n) is 26.8. The van der Waals surface area contributed by atoms with Crippen LogP contribution < -0.4 is 15.4 Å². The molecule has 0 radical (unpaired) electrons. The molecule has 3 amide bonds. The number of carbonyl (C=O) groups is 4. The van der Waals surface area contributed by atoms with Gasteiger partial charge in [0.2, 0.25) is 18.2 Å². The number of aromatic nitrogens is 4. The quantitative estimate of drug-likeness (QED) is 0.433. The highest BCUT2D eigenvalue weighted by Gasteiger charge is 2.66. The molecule has 6 atom stereocenters. The third-order valence-corrected chi connectivity index (χ3v) is 8.89. The number of ether oxygens (including phenoxy) is 2. The van der Waals surface area contributed by atoms with Gasteiger partial charge in [0.15, 0.2) is 5.82 Å². The molecule has 2 aliphatic heterocycles. The van der Waals surface area contributed by atoms with Crippen LogP contribution in [-0.4, -0.2) is 98.4 Å². The summed E-state index contributed by atoms with van der Waals surface area (Å²) in [5.41, 5.74) is -1.71. The zero-order chi connectivity index (χ0) is 34.3. The van der Waals surface area contributed by atoms with Gasteiger partial charge in [-0.2, -0.15) is 0 Å². The zero-order valence-corrected chi connectivity index (χ0v) is 26.8. The van der Waals surface area contributed by atoms with Crippen molar-refractivity contribution in [3.8, 4) is 11.4 Å². The molecule has 16 heteroatoms. The predicted molar refractivity (Wildman–Crippen MR) is 162 cm³/mol. The lowest BCUT2D eigenvalue weighted by molar-refractivity contribution is -0.147. The number of benzene rings is 1. The summed E-state index contributed by atoms with van der Waals surface area (Å²) >= 11 is 0. The van der Waals surface area contributed by atoms with Gasteiger partial charge in [0.05, 0.1) is 25.3 Å². The highest BCUT2D eigenvalue weighted by atomic mass is 19.3. The summed E-state index contributed by atoms with van der Waals surface area (Å²) < 4.78 is 37.9. The number of fused-ring (bicyclic) bond motifs is 7. The van der Waals surface area contributed by atoms with E-state index in [-0.39, 0.29) is 31.3 Å². The third-order valence-electron chi connectivity index (χ3n) is 8.89. The van der Waals surface area contributed by atoms with Crippen LogP contribution in [-0.2, 0) is 19.1 Å². The molecule has 1 aromatic carbocycles. The number of hydrogen-bond acceptors (Lipinski definition) is 9. The number of aliphatic carboxylic acids is 1. The summed E-state index contributed by atoms with van der Waals surface area (Å²) in [6.07, 6.45) is 0.0692. The van der Waals surface area contributed by atoms with Gasteiger partial charge in [0, 0.05) is 18.0 Å². The molecule has 0 spiro atoms. The fourth-order valence-corrected chi connectivity index (χ4v) is 6.01. The molecule has 1 aromatic heterocycles. The standard InChI is InChI=1S/C31H39F2N7O7/c1-16-7-6-8-17-11-19(46-5)9-10-21(17)40-37-25(36-38-40)18-12-22(26(41)35-31(28(43)44)13-20(31)24(32)33)39(14-18)27(42)23(30(2,3)4)34-29(45)47-15-16/h6,8-11,16,18,20,22-24H,7,12-15H2,1-5H3,(H,34,45)(H,35,41)(H,43,44)/b8-6+/t16-,18+,20-,22-,23+,31-/m0/s1. The summed E-state index contributed by atoms with van der Waals surface area (Å²) in [5, 5.41) is 27.8. The molecule has 3 aliphatic rings. The largest absolute Gasteiger partial charge is 0.497 e. The maximum absolute atomic E-state index is 14.2. The summed E-state index contributed by atoms with van der Waals surface area (Å²) in [4.78, 5) is 55.4. The fraction of sp³-hybridized carbons (Fsp3) is 0.581. The van der Waals surface area contributed by atoms with E-state index in [9.17, 15) is 33.1 Å². The number of allylic oxidation sites excluding steroid dienone is 1. The molecular weight excluding hydrogens is 620 g/mol. The molecule has 254 valence electrons. The minimum Gasteiger partial charge on any atom is -0.497 e. The first-order chi connectivity index (χ1) is 22.1. The normalized spacial score (nSPS) is 28.8. The van der Waals surface area contributed by atoms with Gasteiger partial charge in [-0.1, -0.05) is 39.8 Å². The molecule has 47 heavy (non-hydrogen) atoms. The average molecular weight is 660 g/mol. The third kappa shape index (κ3) is 6.90. The smallest absolute Gasteiger partial charge is 0.407 e. The number of methoxy groups -OCH3 is 1. The number of carboxylic acids is 1. The van der Waals surface area contributed by atoms with Crippen molar-refractivity contribution in [3.05, 3.63) is 35.7 Å². The van der Waals surface area contributed by atoms with Gasteiger partial charge in [0.25, 0.3) is 0 Å². The number of alkyl halides is 2. The van der Waals surface area contributed by atoms with E-state index < -0.39 is 71.6 Å². The molecular formula is C31H39F2N7O7. The van der Waals surface area contributed by atoms with Crippen molar-refractivity contribution in [3.63, 3.8) is 0 Å². The second-order valence-electron chi connectivity index (χ2n) is 13.5. The molecule has 5 rings (SSSR count). The Kier molecular flexibility index (Phi) is 9.24. The summed E-state index contributed by atoms with van der Waals surface area (Å²) in [6.45, 7) is 7.06. The van der Waals surface area contributed by atoms with Crippen LogP contribution in [0.4, 0.5) is 13.6 Å². The van der Waals surface area contributed by atoms with Crippen molar-refractivity contribution in [2.24, 2.45) is 17.3 Å². The number of nitrogens with zero attached hydrogens (tertiary/aromatic N) is 5. The predicted octanol–water partition coefficient (Wildman–Crippen LogP) is 2.77. The monoisotopic (exact) mass is 659 g/mol. The van der Waals surface area contributed by atoms with Gasteiger partial charge in [-0.15, -0.1) is 15.0 Å².